The van der Waals surface area contributed by atoms with Crippen LogP contribution in [0.25, 0.3) is 0 Å². The zero-order valence-corrected chi connectivity index (χ0v) is 18.0. The maximum absolute atomic E-state index is 13.1. The van der Waals surface area contributed by atoms with Crippen LogP contribution in [0.3, 0.4) is 0 Å². The zero-order chi connectivity index (χ0) is 20.3. The van der Waals surface area contributed by atoms with E-state index in [4.69, 9.17) is 32.7 Å². The quantitative estimate of drug-likeness (QED) is 0.656. The lowest BCUT2D eigenvalue weighted by Gasteiger charge is -2.36. The molecule has 1 aromatic carbocycles. The lowest BCUT2D eigenvalue weighted by molar-refractivity contribution is 0.0592. The first-order valence-electron chi connectivity index (χ1n) is 9.48. The van der Waals surface area contributed by atoms with E-state index in [1.807, 2.05) is 23.1 Å². The van der Waals surface area contributed by atoms with Crippen LogP contribution in [-0.2, 0) is 13.5 Å². The fraction of sp³-hybridized carbons (Fsp3) is 0.476. The number of benzene rings is 1. The molecule has 1 fully saturated rings. The van der Waals surface area contributed by atoms with Gasteiger partial charge in [-0.2, -0.15) is 0 Å². The predicted octanol–water partition coefficient (Wildman–Crippen LogP) is 4.98. The van der Waals surface area contributed by atoms with Crippen molar-refractivity contribution in [3.63, 3.8) is 0 Å². The summed E-state index contributed by atoms with van der Waals surface area (Å²) >= 11 is 12.3. The Kier molecular flexibility index (Phi) is 6.78. The van der Waals surface area contributed by atoms with E-state index < -0.39 is 0 Å². The van der Waals surface area contributed by atoms with Crippen molar-refractivity contribution in [2.75, 3.05) is 20.8 Å². The lowest BCUT2D eigenvalue weighted by atomic mass is 9.95. The molecule has 1 aliphatic heterocycles. The number of piperidine rings is 1. The number of carbonyl (C=O) groups is 1. The SMILES string of the molecule is COc1ccc(CCC2CCCCN2C(=O)c2cc(Cl)c(Cl)n2C)cc1OC. The normalized spacial score (nSPS) is 16.9. The second-order valence-corrected chi connectivity index (χ2v) is 7.87. The minimum absolute atomic E-state index is 0.00619. The number of nitrogens with zero attached hydrogens (tertiary/aromatic N) is 2. The summed E-state index contributed by atoms with van der Waals surface area (Å²) in [7, 11) is 5.04. The maximum atomic E-state index is 13.1. The van der Waals surface area contributed by atoms with E-state index in [0.717, 1.165) is 50.1 Å². The molecule has 0 radical (unpaired) electrons. The van der Waals surface area contributed by atoms with Crippen LogP contribution in [0.4, 0.5) is 0 Å². The highest BCUT2D eigenvalue weighted by Crippen LogP contribution is 2.31. The summed E-state index contributed by atoms with van der Waals surface area (Å²) in [4.78, 5) is 15.1. The molecule has 0 N–H and O–H groups in total. The summed E-state index contributed by atoms with van der Waals surface area (Å²) in [6.07, 6.45) is 4.92. The van der Waals surface area contributed by atoms with Gasteiger partial charge in [0.15, 0.2) is 11.5 Å². The molecule has 28 heavy (non-hydrogen) atoms. The van der Waals surface area contributed by atoms with Crippen molar-refractivity contribution in [2.45, 2.75) is 38.1 Å². The molecule has 0 bridgehead atoms. The molecule has 2 aromatic rings. The smallest absolute Gasteiger partial charge is 0.270 e. The van der Waals surface area contributed by atoms with Gasteiger partial charge in [0.2, 0.25) is 0 Å². The summed E-state index contributed by atoms with van der Waals surface area (Å²) in [5.74, 6) is 1.44. The van der Waals surface area contributed by atoms with Gasteiger partial charge in [-0.15, -0.1) is 0 Å². The molecule has 1 unspecified atom stereocenters. The number of ether oxygens (including phenoxy) is 2. The monoisotopic (exact) mass is 424 g/mol. The van der Waals surface area contributed by atoms with E-state index >= 15 is 0 Å². The third-order valence-corrected chi connectivity index (χ3v) is 6.28. The summed E-state index contributed by atoms with van der Waals surface area (Å²) in [5, 5.41) is 0.801. The Morgan fingerprint density at radius 2 is 1.89 bits per heavy atom. The van der Waals surface area contributed by atoms with Gasteiger partial charge in [0.05, 0.1) is 19.2 Å². The molecule has 1 atom stereocenters. The number of aromatic nitrogens is 1. The minimum atomic E-state index is -0.00619. The third kappa shape index (κ3) is 4.26. The third-order valence-electron chi connectivity index (χ3n) is 5.44. The van der Waals surface area contributed by atoms with Crippen molar-refractivity contribution in [3.8, 4) is 11.5 Å². The highest BCUT2D eigenvalue weighted by molar-refractivity contribution is 6.41. The minimum Gasteiger partial charge on any atom is -0.493 e. The highest BCUT2D eigenvalue weighted by Gasteiger charge is 2.29. The second kappa shape index (κ2) is 9.10. The molecule has 0 aliphatic carbocycles. The number of methoxy groups -OCH3 is 2. The molecule has 0 spiro atoms. The molecular formula is C21H26Cl2N2O3. The number of carbonyl (C=O) groups excluding carboxylic acids is 1. The summed E-state index contributed by atoms with van der Waals surface area (Å²) in [6, 6.07) is 7.83. The van der Waals surface area contributed by atoms with Crippen LogP contribution >= 0.6 is 23.2 Å². The van der Waals surface area contributed by atoms with Gasteiger partial charge in [0.1, 0.15) is 10.8 Å². The Morgan fingerprint density at radius 1 is 1.14 bits per heavy atom. The Morgan fingerprint density at radius 3 is 2.54 bits per heavy atom. The average molecular weight is 425 g/mol. The van der Waals surface area contributed by atoms with Gasteiger partial charge >= 0.3 is 0 Å². The van der Waals surface area contributed by atoms with Crippen molar-refractivity contribution in [3.05, 3.63) is 45.7 Å². The molecule has 3 rings (SSSR count). The topological polar surface area (TPSA) is 43.7 Å². The number of halogens is 2. The van der Waals surface area contributed by atoms with Crippen LogP contribution in [0, 0.1) is 0 Å². The first-order valence-corrected chi connectivity index (χ1v) is 10.2. The van der Waals surface area contributed by atoms with E-state index in [1.54, 1.807) is 31.9 Å². The predicted molar refractivity (Wildman–Crippen MR) is 112 cm³/mol. The van der Waals surface area contributed by atoms with Crippen LogP contribution in [0.2, 0.25) is 10.2 Å². The largest absolute Gasteiger partial charge is 0.493 e. The summed E-state index contributed by atoms with van der Waals surface area (Å²) < 4.78 is 12.4. The van der Waals surface area contributed by atoms with Gasteiger partial charge in [-0.3, -0.25) is 4.79 Å². The molecule has 1 aromatic heterocycles. The van der Waals surface area contributed by atoms with E-state index in [2.05, 4.69) is 0 Å². The molecule has 1 amide bonds. The number of rotatable bonds is 6. The molecular weight excluding hydrogens is 399 g/mol. The van der Waals surface area contributed by atoms with Gasteiger partial charge in [-0.1, -0.05) is 29.3 Å². The Labute approximate surface area is 176 Å². The molecule has 2 heterocycles. The van der Waals surface area contributed by atoms with Crippen molar-refractivity contribution >= 4 is 29.1 Å². The standard InChI is InChI=1S/C21H26Cl2N2O3/c1-24-17(13-16(22)20(24)23)21(26)25-11-5-4-6-15(25)9-7-14-8-10-18(27-2)19(12-14)28-3/h8,10,12-13,15H,4-7,9,11H2,1-3H3. The van der Waals surface area contributed by atoms with E-state index in [0.29, 0.717) is 15.9 Å². The van der Waals surface area contributed by atoms with Gasteiger partial charge in [-0.25, -0.2) is 0 Å². The zero-order valence-electron chi connectivity index (χ0n) is 16.5. The van der Waals surface area contributed by atoms with Crippen LogP contribution < -0.4 is 9.47 Å². The van der Waals surface area contributed by atoms with E-state index in [9.17, 15) is 4.79 Å². The van der Waals surface area contributed by atoms with Gasteiger partial charge < -0.3 is 18.9 Å². The number of likely N-dealkylation sites (tertiary alicyclic amines) is 1. The number of hydrogen-bond acceptors (Lipinski definition) is 3. The second-order valence-electron chi connectivity index (χ2n) is 7.10. The van der Waals surface area contributed by atoms with Crippen molar-refractivity contribution in [1.29, 1.82) is 0 Å². The van der Waals surface area contributed by atoms with E-state index in [1.165, 1.54) is 5.56 Å². The molecule has 1 aliphatic rings. The van der Waals surface area contributed by atoms with Gasteiger partial charge in [-0.05, 0) is 55.9 Å². The maximum Gasteiger partial charge on any atom is 0.270 e. The first-order chi connectivity index (χ1) is 13.5. The number of hydrogen-bond donors (Lipinski definition) is 0. The van der Waals surface area contributed by atoms with Crippen LogP contribution in [0.5, 0.6) is 11.5 Å². The molecule has 5 nitrogen and oxygen atoms in total. The molecule has 0 saturated carbocycles. The Bertz CT molecular complexity index is 850. The molecule has 7 heteroatoms. The number of aryl methyl sites for hydroxylation is 1. The van der Waals surface area contributed by atoms with Crippen LogP contribution in [0.15, 0.2) is 24.3 Å². The fourth-order valence-corrected chi connectivity index (χ4v) is 4.21. The number of amides is 1. The van der Waals surface area contributed by atoms with Crippen molar-refractivity contribution in [2.24, 2.45) is 7.05 Å². The molecule has 1 saturated heterocycles. The fourth-order valence-electron chi connectivity index (χ4n) is 3.83. The average Bonchev–Trinajstić information content (AvgIpc) is 2.99. The van der Waals surface area contributed by atoms with Crippen molar-refractivity contribution < 1.29 is 14.3 Å². The van der Waals surface area contributed by atoms with Gasteiger partial charge in [0, 0.05) is 19.6 Å². The van der Waals surface area contributed by atoms with Crippen LogP contribution in [-0.4, -0.2) is 42.2 Å². The van der Waals surface area contributed by atoms with Gasteiger partial charge in [0.25, 0.3) is 5.91 Å². The molecule has 152 valence electrons. The Hall–Kier alpha value is -1.85. The van der Waals surface area contributed by atoms with Crippen molar-refractivity contribution in [1.82, 2.24) is 9.47 Å². The van der Waals surface area contributed by atoms with E-state index in [-0.39, 0.29) is 11.9 Å². The highest BCUT2D eigenvalue weighted by atomic mass is 35.5. The summed E-state index contributed by atoms with van der Waals surface area (Å²) in [5.41, 5.74) is 1.70. The summed E-state index contributed by atoms with van der Waals surface area (Å²) in [6.45, 7) is 0.760. The van der Waals surface area contributed by atoms with Crippen LogP contribution in [0.1, 0.15) is 41.7 Å². The first kappa shape index (κ1) is 20.9. The lowest BCUT2D eigenvalue weighted by Crippen LogP contribution is -2.44. The Balaban J connectivity index is 1.73.